The summed E-state index contributed by atoms with van der Waals surface area (Å²) in [6.07, 6.45) is 8.38. The number of fused-ring (bicyclic) bond motifs is 1. The van der Waals surface area contributed by atoms with E-state index in [0.29, 0.717) is 32.2 Å². The fourth-order valence-corrected chi connectivity index (χ4v) is 5.21. The lowest BCUT2D eigenvalue weighted by molar-refractivity contribution is 0.0937. The van der Waals surface area contributed by atoms with Crippen LogP contribution < -0.4 is 10.9 Å². The van der Waals surface area contributed by atoms with Crippen molar-refractivity contribution in [3.63, 3.8) is 0 Å². The predicted molar refractivity (Wildman–Crippen MR) is 118 cm³/mol. The second-order valence-electron chi connectivity index (χ2n) is 7.67. The van der Waals surface area contributed by atoms with Crippen LogP contribution in [0.1, 0.15) is 59.3 Å². The number of hydrogen-bond donors (Lipinski definition) is 1. The number of benzene rings is 1. The Labute approximate surface area is 178 Å². The van der Waals surface area contributed by atoms with Gasteiger partial charge in [0.1, 0.15) is 4.83 Å². The number of carbonyl (C=O) groups is 1. The first-order chi connectivity index (χ1) is 14.0. The highest BCUT2D eigenvalue weighted by Crippen LogP contribution is 2.28. The molecule has 1 aromatic carbocycles. The summed E-state index contributed by atoms with van der Waals surface area (Å²) in [6.45, 7) is 2.18. The standard InChI is InChI=1S/C22H24ClN3O2S/c1-14-18-21(29-19(14)20(27)25-16-9-4-2-3-5-10-16)24-13-26(22(18)28)12-15-8-6-7-11-17(15)23/h6-8,11,13,16H,2-5,9-10,12H2,1H3,(H,25,27). The highest BCUT2D eigenvalue weighted by molar-refractivity contribution is 7.20. The van der Waals surface area contributed by atoms with Crippen LogP contribution >= 0.6 is 22.9 Å². The molecule has 29 heavy (non-hydrogen) atoms. The summed E-state index contributed by atoms with van der Waals surface area (Å²) in [5, 5.41) is 4.32. The number of halogens is 1. The average molecular weight is 430 g/mol. The molecule has 0 radical (unpaired) electrons. The lowest BCUT2D eigenvalue weighted by Crippen LogP contribution is -2.34. The molecule has 7 heteroatoms. The summed E-state index contributed by atoms with van der Waals surface area (Å²) in [7, 11) is 0. The normalized spacial score (nSPS) is 15.4. The van der Waals surface area contributed by atoms with Crippen molar-refractivity contribution in [2.24, 2.45) is 0 Å². The number of hydrogen-bond acceptors (Lipinski definition) is 4. The number of aryl methyl sites for hydroxylation is 1. The molecule has 0 spiro atoms. The van der Waals surface area contributed by atoms with Gasteiger partial charge in [0.25, 0.3) is 11.5 Å². The number of nitrogens with one attached hydrogen (secondary N) is 1. The summed E-state index contributed by atoms with van der Waals surface area (Å²) in [4.78, 5) is 31.6. The zero-order valence-corrected chi connectivity index (χ0v) is 18.0. The van der Waals surface area contributed by atoms with Gasteiger partial charge in [0, 0.05) is 11.1 Å². The van der Waals surface area contributed by atoms with E-state index in [1.54, 1.807) is 10.6 Å². The molecule has 0 atom stereocenters. The van der Waals surface area contributed by atoms with Crippen LogP contribution in [0.3, 0.4) is 0 Å². The van der Waals surface area contributed by atoms with E-state index in [0.717, 1.165) is 31.2 Å². The SMILES string of the molecule is Cc1c(C(=O)NC2CCCCCC2)sc2ncn(Cc3ccccc3Cl)c(=O)c12. The van der Waals surface area contributed by atoms with Gasteiger partial charge in [-0.25, -0.2) is 4.98 Å². The van der Waals surface area contributed by atoms with Crippen LogP contribution in [-0.4, -0.2) is 21.5 Å². The van der Waals surface area contributed by atoms with Crippen molar-refractivity contribution >= 4 is 39.1 Å². The lowest BCUT2D eigenvalue weighted by Gasteiger charge is -2.15. The number of thiophene rings is 1. The Morgan fingerprint density at radius 1 is 1.24 bits per heavy atom. The predicted octanol–water partition coefficient (Wildman–Crippen LogP) is 4.92. The van der Waals surface area contributed by atoms with Crippen molar-refractivity contribution in [1.29, 1.82) is 0 Å². The molecule has 5 nitrogen and oxygen atoms in total. The van der Waals surface area contributed by atoms with Crippen molar-refractivity contribution in [3.8, 4) is 0 Å². The van der Waals surface area contributed by atoms with E-state index in [-0.39, 0.29) is 17.5 Å². The van der Waals surface area contributed by atoms with E-state index in [4.69, 9.17) is 11.6 Å². The summed E-state index contributed by atoms with van der Waals surface area (Å²) in [5.41, 5.74) is 1.43. The number of nitrogens with zero attached hydrogens (tertiary/aromatic N) is 2. The van der Waals surface area contributed by atoms with Crippen LogP contribution in [-0.2, 0) is 6.54 Å². The van der Waals surface area contributed by atoms with Gasteiger partial charge in [-0.3, -0.25) is 14.2 Å². The van der Waals surface area contributed by atoms with Gasteiger partial charge in [0.15, 0.2) is 0 Å². The monoisotopic (exact) mass is 429 g/mol. The van der Waals surface area contributed by atoms with Crippen LogP contribution in [0.25, 0.3) is 10.2 Å². The minimum atomic E-state index is -0.141. The molecule has 0 saturated heterocycles. The second kappa shape index (κ2) is 8.67. The first kappa shape index (κ1) is 20.1. The molecule has 1 amide bonds. The van der Waals surface area contributed by atoms with E-state index in [1.807, 2.05) is 25.1 Å². The highest BCUT2D eigenvalue weighted by atomic mass is 35.5. The Morgan fingerprint density at radius 3 is 2.69 bits per heavy atom. The maximum Gasteiger partial charge on any atom is 0.262 e. The van der Waals surface area contributed by atoms with Gasteiger partial charge in [-0.1, -0.05) is 55.5 Å². The molecule has 3 aromatic rings. The third kappa shape index (κ3) is 4.23. The molecule has 0 unspecified atom stereocenters. The first-order valence-corrected chi connectivity index (χ1v) is 11.3. The van der Waals surface area contributed by atoms with E-state index in [9.17, 15) is 9.59 Å². The van der Waals surface area contributed by atoms with E-state index in [2.05, 4.69) is 10.3 Å². The molecule has 2 aromatic heterocycles. The molecule has 1 aliphatic rings. The fourth-order valence-electron chi connectivity index (χ4n) is 3.97. The second-order valence-corrected chi connectivity index (χ2v) is 9.07. The summed E-state index contributed by atoms with van der Waals surface area (Å²) in [5.74, 6) is -0.0885. The molecule has 1 saturated carbocycles. The minimum Gasteiger partial charge on any atom is -0.349 e. The molecule has 1 N–H and O–H groups in total. The number of carbonyl (C=O) groups excluding carboxylic acids is 1. The number of amides is 1. The molecule has 4 rings (SSSR count). The van der Waals surface area contributed by atoms with Gasteiger partial charge in [0.2, 0.25) is 0 Å². The smallest absolute Gasteiger partial charge is 0.262 e. The van der Waals surface area contributed by atoms with Crippen molar-refractivity contribution in [1.82, 2.24) is 14.9 Å². The lowest BCUT2D eigenvalue weighted by atomic mass is 10.1. The van der Waals surface area contributed by atoms with Crippen LogP contribution in [0, 0.1) is 6.92 Å². The van der Waals surface area contributed by atoms with Crippen LogP contribution in [0.5, 0.6) is 0 Å². The quantitative estimate of drug-likeness (QED) is 0.598. The van der Waals surface area contributed by atoms with Crippen molar-refractivity contribution < 1.29 is 4.79 Å². The Balaban J connectivity index is 1.63. The summed E-state index contributed by atoms with van der Waals surface area (Å²) >= 11 is 7.53. The third-order valence-corrected chi connectivity index (χ3v) is 7.18. The number of aromatic nitrogens is 2. The molecular formula is C22H24ClN3O2S. The van der Waals surface area contributed by atoms with Gasteiger partial charge in [-0.15, -0.1) is 11.3 Å². The van der Waals surface area contributed by atoms with E-state index >= 15 is 0 Å². The molecule has 1 fully saturated rings. The molecule has 2 heterocycles. The maximum absolute atomic E-state index is 13.1. The van der Waals surface area contributed by atoms with Crippen molar-refractivity contribution in [2.45, 2.75) is 58.0 Å². The zero-order valence-electron chi connectivity index (χ0n) is 16.4. The topological polar surface area (TPSA) is 64.0 Å². The minimum absolute atomic E-state index is 0.0885. The van der Waals surface area contributed by atoms with Gasteiger partial charge in [-0.05, 0) is 37.0 Å². The summed E-state index contributed by atoms with van der Waals surface area (Å²) < 4.78 is 1.55. The molecule has 152 valence electrons. The highest BCUT2D eigenvalue weighted by Gasteiger charge is 2.22. The fraction of sp³-hybridized carbons (Fsp3) is 0.409. The maximum atomic E-state index is 13.1. The Bertz CT molecular complexity index is 1100. The molecule has 0 aliphatic heterocycles. The van der Waals surface area contributed by atoms with Gasteiger partial charge >= 0.3 is 0 Å². The Morgan fingerprint density at radius 2 is 1.97 bits per heavy atom. The first-order valence-electron chi connectivity index (χ1n) is 10.1. The Kier molecular flexibility index (Phi) is 6.01. The molecule has 1 aliphatic carbocycles. The van der Waals surface area contributed by atoms with Gasteiger partial charge in [-0.2, -0.15) is 0 Å². The van der Waals surface area contributed by atoms with Crippen LogP contribution in [0.4, 0.5) is 0 Å². The molecule has 0 bridgehead atoms. The van der Waals surface area contributed by atoms with E-state index < -0.39 is 0 Å². The number of rotatable bonds is 4. The van der Waals surface area contributed by atoms with Crippen LogP contribution in [0.15, 0.2) is 35.4 Å². The van der Waals surface area contributed by atoms with Gasteiger partial charge in [0.05, 0.1) is 23.1 Å². The third-order valence-electron chi connectivity index (χ3n) is 5.61. The van der Waals surface area contributed by atoms with Crippen LogP contribution in [0.2, 0.25) is 5.02 Å². The molecular weight excluding hydrogens is 406 g/mol. The summed E-state index contributed by atoms with van der Waals surface area (Å²) in [6, 6.07) is 7.67. The average Bonchev–Trinajstić information content (AvgIpc) is 2.87. The Hall–Kier alpha value is -2.18. The van der Waals surface area contributed by atoms with E-state index in [1.165, 1.54) is 30.5 Å². The zero-order chi connectivity index (χ0) is 20.4. The van der Waals surface area contributed by atoms with Crippen molar-refractivity contribution in [3.05, 3.63) is 62.0 Å². The largest absolute Gasteiger partial charge is 0.349 e. The van der Waals surface area contributed by atoms with Gasteiger partial charge < -0.3 is 5.32 Å². The van der Waals surface area contributed by atoms with Crippen molar-refractivity contribution in [2.75, 3.05) is 0 Å².